The molecule has 0 bridgehead atoms. The summed E-state index contributed by atoms with van der Waals surface area (Å²) in [5.41, 5.74) is -4.91. The van der Waals surface area contributed by atoms with Crippen LogP contribution in [0.2, 0.25) is 0 Å². The van der Waals surface area contributed by atoms with Crippen LogP contribution in [0.15, 0.2) is 16.6 Å². The molecule has 2 aromatic rings. The lowest BCUT2D eigenvalue weighted by Gasteiger charge is -2.20. The molecule has 0 aliphatic carbocycles. The minimum atomic E-state index is -5.95. The molecule has 2 rings (SSSR count). The van der Waals surface area contributed by atoms with Crippen molar-refractivity contribution >= 4 is 36.8 Å². The second kappa shape index (κ2) is 7.03. The van der Waals surface area contributed by atoms with E-state index in [0.29, 0.717) is 15.4 Å². The number of hydrogen-bond acceptors (Lipinski definition) is 6. The topological polar surface area (TPSA) is 71.1 Å². The van der Waals surface area contributed by atoms with Crippen LogP contribution in [0.3, 0.4) is 0 Å². The van der Waals surface area contributed by atoms with Gasteiger partial charge in [0, 0.05) is 5.39 Å². The first-order valence-electron chi connectivity index (χ1n) is 6.91. The van der Waals surface area contributed by atoms with E-state index in [4.69, 9.17) is 14.2 Å². The third kappa shape index (κ3) is 3.37. The quantitative estimate of drug-likeness (QED) is 0.494. The van der Waals surface area contributed by atoms with Crippen LogP contribution >= 0.6 is 15.9 Å². The second-order valence-electron chi connectivity index (χ2n) is 5.08. The van der Waals surface area contributed by atoms with Crippen LogP contribution in [-0.2, 0) is 10.1 Å². The van der Waals surface area contributed by atoms with Gasteiger partial charge in [0.05, 0.1) is 31.2 Å². The van der Waals surface area contributed by atoms with Crippen molar-refractivity contribution in [1.29, 1.82) is 0 Å². The maximum Gasteiger partial charge on any atom is 0.534 e. The van der Waals surface area contributed by atoms with Gasteiger partial charge < -0.3 is 18.4 Å². The van der Waals surface area contributed by atoms with Gasteiger partial charge in [-0.2, -0.15) is 21.6 Å². The number of ether oxygens (including phenoxy) is 3. The van der Waals surface area contributed by atoms with Gasteiger partial charge in [-0.05, 0) is 40.5 Å². The minimum Gasteiger partial charge on any atom is -0.496 e. The maximum absolute atomic E-state index is 12.8. The van der Waals surface area contributed by atoms with Gasteiger partial charge in [-0.1, -0.05) is 0 Å². The van der Waals surface area contributed by atoms with Gasteiger partial charge in [-0.15, -0.1) is 0 Å². The lowest BCUT2D eigenvalue weighted by Crippen LogP contribution is -2.28. The van der Waals surface area contributed by atoms with Crippen LogP contribution in [0.5, 0.6) is 23.0 Å². The monoisotopic (exact) mass is 458 g/mol. The summed E-state index contributed by atoms with van der Waals surface area (Å²) in [6.45, 7) is 1.73. The van der Waals surface area contributed by atoms with E-state index < -0.39 is 21.4 Å². The average molecular weight is 459 g/mol. The summed E-state index contributed by atoms with van der Waals surface area (Å²) in [5, 5.41) is 0.308. The van der Waals surface area contributed by atoms with E-state index >= 15 is 0 Å². The number of alkyl halides is 3. The summed E-state index contributed by atoms with van der Waals surface area (Å²) in [6.07, 6.45) is 0. The van der Waals surface area contributed by atoms with E-state index in [1.54, 1.807) is 13.0 Å². The van der Waals surface area contributed by atoms with E-state index in [-0.39, 0.29) is 22.6 Å². The predicted molar refractivity (Wildman–Crippen MR) is 91.6 cm³/mol. The maximum atomic E-state index is 12.8. The zero-order valence-corrected chi connectivity index (χ0v) is 16.4. The summed E-state index contributed by atoms with van der Waals surface area (Å²) in [5.74, 6) is -0.937. The first kappa shape index (κ1) is 20.4. The van der Waals surface area contributed by atoms with E-state index in [0.717, 1.165) is 7.11 Å². The molecule has 0 heterocycles. The van der Waals surface area contributed by atoms with E-state index in [2.05, 4.69) is 20.1 Å². The van der Waals surface area contributed by atoms with Gasteiger partial charge in [0.2, 0.25) is 5.75 Å². The lowest BCUT2D eigenvalue weighted by molar-refractivity contribution is -0.0500. The zero-order valence-electron chi connectivity index (χ0n) is 14.0. The van der Waals surface area contributed by atoms with Gasteiger partial charge in [-0.3, -0.25) is 0 Å². The van der Waals surface area contributed by atoms with E-state index in [9.17, 15) is 21.6 Å². The summed E-state index contributed by atoms with van der Waals surface area (Å²) in [4.78, 5) is 0. The molecular weight excluding hydrogens is 445 g/mol. The van der Waals surface area contributed by atoms with Crippen molar-refractivity contribution in [1.82, 2.24) is 0 Å². The van der Waals surface area contributed by atoms with Crippen LogP contribution in [0, 0.1) is 6.92 Å². The Labute approximate surface area is 156 Å². The van der Waals surface area contributed by atoms with Crippen LogP contribution in [0.25, 0.3) is 10.8 Å². The molecule has 6 nitrogen and oxygen atoms in total. The number of methoxy groups -OCH3 is 3. The van der Waals surface area contributed by atoms with Gasteiger partial charge in [0.1, 0.15) is 5.75 Å². The Hall–Kier alpha value is -1.88. The molecule has 0 saturated heterocycles. The smallest absolute Gasteiger partial charge is 0.496 e. The fourth-order valence-electron chi connectivity index (χ4n) is 2.36. The third-order valence-electron chi connectivity index (χ3n) is 3.43. The van der Waals surface area contributed by atoms with E-state index in [1.165, 1.54) is 20.3 Å². The standard InChI is InChI=1S/C15H14BrF3O6S/c1-7-5-8-10(9(6-7)22-2)12(25-26(20,21)15(17,18)19)14(24-4)13(23-3)11(8)16/h5-6H,1-4H3. The molecule has 0 radical (unpaired) electrons. The second-order valence-corrected chi connectivity index (χ2v) is 7.41. The van der Waals surface area contributed by atoms with Gasteiger partial charge in [0.25, 0.3) is 0 Å². The highest BCUT2D eigenvalue weighted by Crippen LogP contribution is 2.53. The first-order valence-corrected chi connectivity index (χ1v) is 9.11. The van der Waals surface area contributed by atoms with Crippen molar-refractivity contribution in [2.45, 2.75) is 12.4 Å². The van der Waals surface area contributed by atoms with Crippen LogP contribution in [0.1, 0.15) is 5.56 Å². The Morgan fingerprint density at radius 3 is 2.00 bits per heavy atom. The van der Waals surface area contributed by atoms with Gasteiger partial charge in [-0.25, -0.2) is 0 Å². The summed E-state index contributed by atoms with van der Waals surface area (Å²) >= 11 is 3.30. The average Bonchev–Trinajstić information content (AvgIpc) is 2.54. The molecule has 0 atom stereocenters. The molecule has 26 heavy (non-hydrogen) atoms. The summed E-state index contributed by atoms with van der Waals surface area (Å²) < 4.78 is 81.9. The largest absolute Gasteiger partial charge is 0.534 e. The molecule has 0 aromatic heterocycles. The zero-order chi connectivity index (χ0) is 19.9. The predicted octanol–water partition coefficient (Wildman–Crippen LogP) is 4.16. The lowest BCUT2D eigenvalue weighted by atomic mass is 10.0. The Balaban J connectivity index is 3.01. The molecule has 0 spiro atoms. The van der Waals surface area contributed by atoms with Crippen molar-refractivity contribution in [2.24, 2.45) is 0 Å². The highest BCUT2D eigenvalue weighted by atomic mass is 79.9. The van der Waals surface area contributed by atoms with Crippen molar-refractivity contribution in [3.8, 4) is 23.0 Å². The number of hydrogen-bond donors (Lipinski definition) is 0. The van der Waals surface area contributed by atoms with Crippen molar-refractivity contribution in [3.63, 3.8) is 0 Å². The van der Waals surface area contributed by atoms with Crippen LogP contribution in [-0.4, -0.2) is 35.3 Å². The summed E-state index contributed by atoms with van der Waals surface area (Å²) in [6, 6.07) is 3.13. The molecule has 2 aromatic carbocycles. The van der Waals surface area contributed by atoms with Crippen molar-refractivity contribution in [2.75, 3.05) is 21.3 Å². The molecule has 0 amide bonds. The first-order chi connectivity index (χ1) is 12.0. The highest BCUT2D eigenvalue weighted by Gasteiger charge is 2.49. The minimum absolute atomic E-state index is 0.0181. The Kier molecular flexibility index (Phi) is 5.52. The Morgan fingerprint density at radius 2 is 1.54 bits per heavy atom. The number of halogens is 4. The molecule has 144 valence electrons. The molecule has 0 saturated carbocycles. The molecule has 0 aliphatic heterocycles. The van der Waals surface area contributed by atoms with Gasteiger partial charge in [0.15, 0.2) is 11.5 Å². The molecule has 0 unspecified atom stereocenters. The molecule has 11 heteroatoms. The van der Waals surface area contributed by atoms with E-state index in [1.807, 2.05) is 0 Å². The summed E-state index contributed by atoms with van der Waals surface area (Å²) in [7, 11) is -2.27. The normalized spacial score (nSPS) is 12.2. The molecule has 0 N–H and O–H groups in total. The number of rotatable bonds is 5. The number of aryl methyl sites for hydroxylation is 1. The molecule has 0 aliphatic rings. The van der Waals surface area contributed by atoms with Crippen LogP contribution < -0.4 is 18.4 Å². The number of fused-ring (bicyclic) bond motifs is 1. The molecular formula is C15H14BrF3O6S. The van der Waals surface area contributed by atoms with Crippen molar-refractivity contribution in [3.05, 3.63) is 22.2 Å². The Morgan fingerprint density at radius 1 is 0.962 bits per heavy atom. The van der Waals surface area contributed by atoms with Crippen LogP contribution in [0.4, 0.5) is 13.2 Å². The van der Waals surface area contributed by atoms with Gasteiger partial charge >= 0.3 is 15.6 Å². The molecule has 0 fully saturated rings. The number of benzene rings is 2. The van der Waals surface area contributed by atoms with Crippen molar-refractivity contribution < 1.29 is 40.0 Å². The third-order valence-corrected chi connectivity index (χ3v) is 5.17. The Bertz CT molecular complexity index is 956. The fraction of sp³-hybridized carbons (Fsp3) is 0.333. The highest BCUT2D eigenvalue weighted by molar-refractivity contribution is 9.10. The SMILES string of the molecule is COc1c(OC)c(OS(=O)(=O)C(F)(F)F)c2c(OC)cc(C)cc2c1Br. The fourth-order valence-corrected chi connectivity index (χ4v) is 3.49.